The molecule has 0 saturated heterocycles. The molecule has 0 aromatic rings. The highest BCUT2D eigenvalue weighted by atomic mass is 32.1. The molecule has 1 aliphatic rings. The lowest BCUT2D eigenvalue weighted by molar-refractivity contribution is 0.780. The molecule has 0 atom stereocenters. The second-order valence-corrected chi connectivity index (χ2v) is 1.48. The zero-order valence-corrected chi connectivity index (χ0v) is 4.38. The molecule has 4 heteroatoms. The highest BCUT2D eigenvalue weighted by Gasteiger charge is 1.89. The Morgan fingerprint density at radius 2 is 2.29 bits per heavy atom. The molecule has 0 fully saturated rings. The number of thiocarbonyl (C=S) groups is 1. The summed E-state index contributed by atoms with van der Waals surface area (Å²) in [5.74, 6) is 0. The molecule has 1 rings (SSSR count). The zero-order valence-electron chi connectivity index (χ0n) is 3.56. The van der Waals surface area contributed by atoms with Crippen LogP contribution in [-0.2, 0) is 0 Å². The average molecular weight is 115 g/mol. The van der Waals surface area contributed by atoms with Crippen LogP contribution in [0.2, 0.25) is 0 Å². The van der Waals surface area contributed by atoms with Crippen molar-refractivity contribution in [1.29, 1.82) is 0 Å². The highest BCUT2D eigenvalue weighted by Crippen LogP contribution is 1.69. The minimum Gasteiger partial charge on any atom is -0.336 e. The van der Waals surface area contributed by atoms with E-state index in [2.05, 4.69) is 28.4 Å². The first-order valence-corrected chi connectivity index (χ1v) is 2.27. The molecule has 0 unspecified atom stereocenters. The van der Waals surface area contributed by atoms with Crippen molar-refractivity contribution in [2.24, 2.45) is 0 Å². The molecule has 0 bridgehead atoms. The van der Waals surface area contributed by atoms with Crippen LogP contribution in [0.4, 0.5) is 0 Å². The molecule has 7 heavy (non-hydrogen) atoms. The molecule has 0 amide bonds. The smallest absolute Gasteiger partial charge is 0.189 e. The van der Waals surface area contributed by atoms with Crippen LogP contribution in [-0.4, -0.2) is 5.11 Å². The number of hydrogen-bond donors (Lipinski definition) is 3. The Bertz CT molecular complexity index is 109. The van der Waals surface area contributed by atoms with E-state index in [0.717, 1.165) is 0 Å². The van der Waals surface area contributed by atoms with Crippen LogP contribution in [0.5, 0.6) is 0 Å². The van der Waals surface area contributed by atoms with E-state index in [1.54, 1.807) is 12.4 Å². The van der Waals surface area contributed by atoms with Crippen molar-refractivity contribution >= 4 is 17.3 Å². The summed E-state index contributed by atoms with van der Waals surface area (Å²) in [4.78, 5) is 0. The van der Waals surface area contributed by atoms with Gasteiger partial charge in [0, 0.05) is 12.4 Å². The Hall–Kier alpha value is -0.770. The van der Waals surface area contributed by atoms with Crippen LogP contribution in [0, 0.1) is 0 Å². The van der Waals surface area contributed by atoms with Gasteiger partial charge in [-0.05, 0) is 12.2 Å². The van der Waals surface area contributed by atoms with Gasteiger partial charge in [-0.2, -0.15) is 0 Å². The van der Waals surface area contributed by atoms with Gasteiger partial charge in [0.2, 0.25) is 0 Å². The third-order valence-electron chi connectivity index (χ3n) is 0.567. The van der Waals surface area contributed by atoms with Gasteiger partial charge in [0.15, 0.2) is 5.11 Å². The quantitative estimate of drug-likeness (QED) is 0.370. The van der Waals surface area contributed by atoms with E-state index in [0.29, 0.717) is 5.11 Å². The molecule has 0 spiro atoms. The van der Waals surface area contributed by atoms with Crippen molar-refractivity contribution in [3.8, 4) is 0 Å². The van der Waals surface area contributed by atoms with E-state index in [1.807, 2.05) is 0 Å². The zero-order chi connectivity index (χ0) is 5.11. The minimum atomic E-state index is 0.600. The SMILES string of the molecule is S=C1NC=CNN1. The summed E-state index contributed by atoms with van der Waals surface area (Å²) in [6.45, 7) is 0. The number of hydrogen-bond acceptors (Lipinski definition) is 2. The van der Waals surface area contributed by atoms with E-state index in [-0.39, 0.29) is 0 Å². The molecule has 1 aliphatic heterocycles. The molecular formula is C3H5N3S. The molecule has 3 nitrogen and oxygen atoms in total. The summed E-state index contributed by atoms with van der Waals surface area (Å²) < 4.78 is 0. The molecular weight excluding hydrogens is 110 g/mol. The Balaban J connectivity index is 2.47. The fraction of sp³-hybridized carbons (Fsp3) is 0. The fourth-order valence-electron chi connectivity index (χ4n) is 0.302. The Labute approximate surface area is 46.8 Å². The lowest BCUT2D eigenvalue weighted by atomic mass is 10.8. The summed E-state index contributed by atoms with van der Waals surface area (Å²) in [5.41, 5.74) is 5.37. The van der Waals surface area contributed by atoms with Crippen molar-refractivity contribution in [1.82, 2.24) is 16.2 Å². The van der Waals surface area contributed by atoms with Crippen molar-refractivity contribution in [2.45, 2.75) is 0 Å². The van der Waals surface area contributed by atoms with Crippen LogP contribution in [0.15, 0.2) is 12.4 Å². The van der Waals surface area contributed by atoms with Gasteiger partial charge in [-0.15, -0.1) is 0 Å². The number of rotatable bonds is 0. The summed E-state index contributed by atoms with van der Waals surface area (Å²) in [6.07, 6.45) is 3.44. The van der Waals surface area contributed by atoms with Gasteiger partial charge in [0.25, 0.3) is 0 Å². The van der Waals surface area contributed by atoms with Crippen LogP contribution in [0.25, 0.3) is 0 Å². The molecule has 0 aromatic carbocycles. The average Bonchev–Trinajstić information content (AvgIpc) is 1.69. The van der Waals surface area contributed by atoms with E-state index in [1.165, 1.54) is 0 Å². The third kappa shape index (κ3) is 1.04. The fourth-order valence-corrected chi connectivity index (χ4v) is 0.429. The first-order valence-electron chi connectivity index (χ1n) is 1.86. The van der Waals surface area contributed by atoms with Crippen molar-refractivity contribution in [3.63, 3.8) is 0 Å². The first-order chi connectivity index (χ1) is 3.39. The van der Waals surface area contributed by atoms with Crippen LogP contribution < -0.4 is 16.2 Å². The standard InChI is InChI=1S/C3H5N3S/c7-3-4-1-2-5-6-3/h1-2,5H,(H2,4,6,7). The maximum atomic E-state index is 4.67. The second kappa shape index (κ2) is 1.79. The molecule has 1 heterocycles. The van der Waals surface area contributed by atoms with Crippen molar-refractivity contribution in [2.75, 3.05) is 0 Å². The summed E-state index contributed by atoms with van der Waals surface area (Å²) >= 11 is 4.67. The minimum absolute atomic E-state index is 0.600. The molecule has 0 saturated carbocycles. The summed E-state index contributed by atoms with van der Waals surface area (Å²) in [7, 11) is 0. The molecule has 0 radical (unpaired) electrons. The Kier molecular flexibility index (Phi) is 1.12. The maximum absolute atomic E-state index is 4.67. The van der Waals surface area contributed by atoms with Gasteiger partial charge in [0.1, 0.15) is 0 Å². The van der Waals surface area contributed by atoms with Crippen LogP contribution in [0.1, 0.15) is 0 Å². The highest BCUT2D eigenvalue weighted by molar-refractivity contribution is 7.80. The van der Waals surface area contributed by atoms with E-state index >= 15 is 0 Å². The summed E-state index contributed by atoms with van der Waals surface area (Å²) in [5, 5.41) is 3.36. The molecule has 3 N–H and O–H groups in total. The lowest BCUT2D eigenvalue weighted by Gasteiger charge is -2.10. The molecule has 0 aromatic heterocycles. The number of hydrazine groups is 1. The second-order valence-electron chi connectivity index (χ2n) is 1.08. The van der Waals surface area contributed by atoms with Crippen LogP contribution in [0.3, 0.4) is 0 Å². The van der Waals surface area contributed by atoms with E-state index in [9.17, 15) is 0 Å². The van der Waals surface area contributed by atoms with Gasteiger partial charge in [-0.25, -0.2) is 0 Å². The maximum Gasteiger partial charge on any atom is 0.189 e. The molecule has 0 aliphatic carbocycles. The first kappa shape index (κ1) is 4.39. The van der Waals surface area contributed by atoms with Gasteiger partial charge >= 0.3 is 0 Å². The Morgan fingerprint density at radius 1 is 1.43 bits per heavy atom. The predicted octanol–water partition coefficient (Wildman–Crippen LogP) is -0.560. The van der Waals surface area contributed by atoms with Crippen molar-refractivity contribution < 1.29 is 0 Å². The number of nitrogens with one attached hydrogen (secondary N) is 3. The Morgan fingerprint density at radius 3 is 2.57 bits per heavy atom. The topological polar surface area (TPSA) is 36.1 Å². The van der Waals surface area contributed by atoms with Gasteiger partial charge in [0.05, 0.1) is 0 Å². The summed E-state index contributed by atoms with van der Waals surface area (Å²) in [6, 6.07) is 0. The predicted molar refractivity (Wildman–Crippen MR) is 31.1 cm³/mol. The van der Waals surface area contributed by atoms with Gasteiger partial charge < -0.3 is 10.7 Å². The lowest BCUT2D eigenvalue weighted by Crippen LogP contribution is -2.43. The van der Waals surface area contributed by atoms with Crippen LogP contribution >= 0.6 is 12.2 Å². The van der Waals surface area contributed by atoms with Gasteiger partial charge in [-0.3, -0.25) is 5.43 Å². The third-order valence-corrected chi connectivity index (χ3v) is 0.787. The van der Waals surface area contributed by atoms with E-state index in [4.69, 9.17) is 0 Å². The normalized spacial score (nSPS) is 16.9. The van der Waals surface area contributed by atoms with Gasteiger partial charge in [-0.1, -0.05) is 0 Å². The largest absolute Gasteiger partial charge is 0.336 e. The molecule has 38 valence electrons. The van der Waals surface area contributed by atoms with E-state index < -0.39 is 0 Å². The van der Waals surface area contributed by atoms with Crippen molar-refractivity contribution in [3.05, 3.63) is 12.4 Å². The monoisotopic (exact) mass is 115 g/mol.